The monoisotopic (exact) mass is 245 g/mol. The van der Waals surface area contributed by atoms with Gasteiger partial charge in [-0.25, -0.2) is 0 Å². The van der Waals surface area contributed by atoms with Crippen LogP contribution in [0.15, 0.2) is 12.1 Å². The molecule has 90 valence electrons. The van der Waals surface area contributed by atoms with Crippen molar-refractivity contribution >= 4 is 11.6 Å². The molecule has 0 saturated carbocycles. The Bertz CT molecular complexity index is 357. The number of halogens is 1. The Labute approximate surface area is 99.9 Å². The first-order valence-electron chi connectivity index (χ1n) is 5.00. The third kappa shape index (κ3) is 2.78. The number of nitrogens with two attached hydrogens (primary N) is 1. The normalized spacial score (nSPS) is 12.3. The Morgan fingerprint density at radius 1 is 1.44 bits per heavy atom. The van der Waals surface area contributed by atoms with Crippen molar-refractivity contribution in [2.24, 2.45) is 5.73 Å². The fourth-order valence-corrected chi connectivity index (χ4v) is 1.62. The Balaban J connectivity index is 3.18. The van der Waals surface area contributed by atoms with E-state index in [9.17, 15) is 0 Å². The molecule has 1 rings (SSSR count). The molecule has 1 unspecified atom stereocenters. The van der Waals surface area contributed by atoms with Crippen molar-refractivity contribution in [3.05, 3.63) is 22.7 Å². The van der Waals surface area contributed by atoms with Crippen molar-refractivity contribution in [3.8, 4) is 11.5 Å². The number of aliphatic hydroxyl groups is 1. The smallest absolute Gasteiger partial charge is 0.141 e. The second kappa shape index (κ2) is 5.94. The Morgan fingerprint density at radius 2 is 2.12 bits per heavy atom. The van der Waals surface area contributed by atoms with E-state index in [0.717, 1.165) is 0 Å². The summed E-state index contributed by atoms with van der Waals surface area (Å²) in [5, 5.41) is 9.49. The summed E-state index contributed by atoms with van der Waals surface area (Å²) < 4.78 is 10.5. The van der Waals surface area contributed by atoms with Crippen LogP contribution < -0.4 is 15.2 Å². The lowest BCUT2D eigenvalue weighted by Crippen LogP contribution is -2.16. The van der Waals surface area contributed by atoms with Crippen LogP contribution in [0.1, 0.15) is 18.5 Å². The van der Waals surface area contributed by atoms with Gasteiger partial charge in [-0.15, -0.1) is 0 Å². The summed E-state index contributed by atoms with van der Waals surface area (Å²) in [5.41, 5.74) is 6.43. The van der Waals surface area contributed by atoms with Crippen LogP contribution in [0.5, 0.6) is 11.5 Å². The molecule has 5 heteroatoms. The van der Waals surface area contributed by atoms with Crippen molar-refractivity contribution in [1.29, 1.82) is 0 Å². The lowest BCUT2D eigenvalue weighted by molar-refractivity contribution is 0.261. The first-order chi connectivity index (χ1) is 7.63. The molecular formula is C11H16ClNO3. The van der Waals surface area contributed by atoms with Crippen LogP contribution in [-0.4, -0.2) is 25.4 Å². The van der Waals surface area contributed by atoms with Gasteiger partial charge in [-0.2, -0.15) is 0 Å². The molecule has 0 aliphatic rings. The molecular weight excluding hydrogens is 230 g/mol. The van der Waals surface area contributed by atoms with Gasteiger partial charge in [0.15, 0.2) is 0 Å². The van der Waals surface area contributed by atoms with E-state index in [1.165, 1.54) is 7.11 Å². The van der Waals surface area contributed by atoms with Gasteiger partial charge in [0, 0.05) is 11.6 Å². The molecule has 0 spiro atoms. The largest absolute Gasteiger partial charge is 0.495 e. The predicted octanol–water partition coefficient (Wildman–Crippen LogP) is 1.74. The van der Waals surface area contributed by atoms with Crippen LogP contribution in [0.2, 0.25) is 5.02 Å². The highest BCUT2D eigenvalue weighted by molar-refractivity contribution is 6.32. The van der Waals surface area contributed by atoms with Gasteiger partial charge in [0.1, 0.15) is 11.5 Å². The predicted molar refractivity (Wildman–Crippen MR) is 63.2 cm³/mol. The minimum atomic E-state index is -0.509. The Kier molecular flexibility index (Phi) is 4.86. The summed E-state index contributed by atoms with van der Waals surface area (Å²) in [5.74, 6) is 1.12. The van der Waals surface area contributed by atoms with E-state index in [4.69, 9.17) is 31.9 Å². The summed E-state index contributed by atoms with van der Waals surface area (Å²) in [6.07, 6.45) is 0. The number of benzene rings is 1. The number of hydrogen-bond donors (Lipinski definition) is 2. The van der Waals surface area contributed by atoms with Gasteiger partial charge in [-0.3, -0.25) is 0 Å². The third-order valence-corrected chi connectivity index (χ3v) is 2.48. The van der Waals surface area contributed by atoms with E-state index in [1.807, 2.05) is 6.92 Å². The number of hydrogen-bond acceptors (Lipinski definition) is 4. The van der Waals surface area contributed by atoms with Crippen LogP contribution >= 0.6 is 11.6 Å². The van der Waals surface area contributed by atoms with Gasteiger partial charge in [-0.05, 0) is 13.0 Å². The van der Waals surface area contributed by atoms with E-state index in [1.54, 1.807) is 12.1 Å². The second-order valence-corrected chi connectivity index (χ2v) is 3.65. The van der Waals surface area contributed by atoms with Crippen molar-refractivity contribution in [3.63, 3.8) is 0 Å². The van der Waals surface area contributed by atoms with Gasteiger partial charge in [-0.1, -0.05) is 11.6 Å². The Hall–Kier alpha value is -0.970. The second-order valence-electron chi connectivity index (χ2n) is 3.25. The summed E-state index contributed by atoms with van der Waals surface area (Å²) in [7, 11) is 1.53. The molecule has 3 N–H and O–H groups in total. The van der Waals surface area contributed by atoms with Gasteiger partial charge < -0.3 is 20.3 Å². The third-order valence-electron chi connectivity index (χ3n) is 2.18. The summed E-state index contributed by atoms with van der Waals surface area (Å²) in [6.45, 7) is 2.22. The molecule has 1 aromatic carbocycles. The van der Waals surface area contributed by atoms with Gasteiger partial charge in [0.05, 0.1) is 31.4 Å². The van der Waals surface area contributed by atoms with Crippen LogP contribution in [0.3, 0.4) is 0 Å². The van der Waals surface area contributed by atoms with Gasteiger partial charge in [0.2, 0.25) is 0 Å². The van der Waals surface area contributed by atoms with Crippen molar-refractivity contribution in [1.82, 2.24) is 0 Å². The zero-order valence-corrected chi connectivity index (χ0v) is 10.1. The molecule has 0 bridgehead atoms. The Morgan fingerprint density at radius 3 is 2.62 bits per heavy atom. The average Bonchev–Trinajstić information content (AvgIpc) is 2.30. The lowest BCUT2D eigenvalue weighted by Gasteiger charge is -2.16. The standard InChI is InChI=1S/C11H16ClNO3/c1-3-16-10-5-11(15-2)8(12)4-7(10)9(13)6-14/h4-5,9,14H,3,6,13H2,1-2H3. The van der Waals surface area contributed by atoms with Gasteiger partial charge >= 0.3 is 0 Å². The maximum absolute atomic E-state index is 9.04. The highest BCUT2D eigenvalue weighted by Crippen LogP contribution is 2.35. The molecule has 0 fully saturated rings. The first-order valence-corrected chi connectivity index (χ1v) is 5.38. The lowest BCUT2D eigenvalue weighted by atomic mass is 10.1. The fraction of sp³-hybridized carbons (Fsp3) is 0.455. The molecule has 1 aromatic rings. The number of ether oxygens (including phenoxy) is 2. The van der Waals surface area contributed by atoms with Crippen LogP contribution in [0.25, 0.3) is 0 Å². The van der Waals surface area contributed by atoms with Crippen LogP contribution in [-0.2, 0) is 0 Å². The molecule has 0 heterocycles. The molecule has 16 heavy (non-hydrogen) atoms. The molecule has 0 aliphatic heterocycles. The topological polar surface area (TPSA) is 64.7 Å². The van der Waals surface area contributed by atoms with Crippen LogP contribution in [0, 0.1) is 0 Å². The molecule has 0 amide bonds. The summed E-state index contributed by atoms with van der Waals surface area (Å²) >= 11 is 5.98. The zero-order chi connectivity index (χ0) is 12.1. The fourth-order valence-electron chi connectivity index (χ4n) is 1.38. The maximum atomic E-state index is 9.04. The van der Waals surface area contributed by atoms with Crippen molar-refractivity contribution in [2.75, 3.05) is 20.3 Å². The number of aliphatic hydroxyl groups excluding tert-OH is 1. The molecule has 1 atom stereocenters. The SMILES string of the molecule is CCOc1cc(OC)c(Cl)cc1C(N)CO. The molecule has 0 aliphatic carbocycles. The summed E-state index contributed by atoms with van der Waals surface area (Å²) in [4.78, 5) is 0. The number of methoxy groups -OCH3 is 1. The molecule has 0 aromatic heterocycles. The molecule has 4 nitrogen and oxygen atoms in total. The minimum absolute atomic E-state index is 0.164. The number of rotatable bonds is 5. The summed E-state index contributed by atoms with van der Waals surface area (Å²) in [6, 6.07) is 2.83. The van der Waals surface area contributed by atoms with Crippen molar-refractivity contribution < 1.29 is 14.6 Å². The van der Waals surface area contributed by atoms with E-state index < -0.39 is 6.04 Å². The minimum Gasteiger partial charge on any atom is -0.495 e. The van der Waals surface area contributed by atoms with E-state index in [2.05, 4.69) is 0 Å². The van der Waals surface area contributed by atoms with E-state index in [-0.39, 0.29) is 6.61 Å². The average molecular weight is 246 g/mol. The molecule has 0 radical (unpaired) electrons. The van der Waals surface area contributed by atoms with Crippen molar-refractivity contribution in [2.45, 2.75) is 13.0 Å². The quantitative estimate of drug-likeness (QED) is 0.829. The molecule has 0 saturated heterocycles. The maximum Gasteiger partial charge on any atom is 0.141 e. The highest BCUT2D eigenvalue weighted by Gasteiger charge is 2.15. The van der Waals surface area contributed by atoms with Crippen LogP contribution in [0.4, 0.5) is 0 Å². The zero-order valence-electron chi connectivity index (χ0n) is 9.37. The van der Waals surface area contributed by atoms with E-state index in [0.29, 0.717) is 28.7 Å². The van der Waals surface area contributed by atoms with Gasteiger partial charge in [0.25, 0.3) is 0 Å². The van der Waals surface area contributed by atoms with E-state index >= 15 is 0 Å². The first kappa shape index (κ1) is 13.1. The highest BCUT2D eigenvalue weighted by atomic mass is 35.5.